The van der Waals surface area contributed by atoms with Crippen molar-refractivity contribution >= 4 is 37.1 Å². The first-order chi connectivity index (χ1) is 16.7. The van der Waals surface area contributed by atoms with Crippen molar-refractivity contribution in [1.82, 2.24) is 10.6 Å². The van der Waals surface area contributed by atoms with Crippen molar-refractivity contribution < 1.29 is 0 Å². The summed E-state index contributed by atoms with van der Waals surface area (Å²) >= 11 is 0. The third-order valence-corrected chi connectivity index (χ3v) is 11.2. The summed E-state index contributed by atoms with van der Waals surface area (Å²) in [6.07, 6.45) is 0. The number of rotatable bonds is 11. The van der Waals surface area contributed by atoms with E-state index in [1.807, 2.05) is 0 Å². The van der Waals surface area contributed by atoms with E-state index in [1.54, 1.807) is 0 Å². The fraction of sp³-hybridized carbons (Fsp3) is 0.200. The van der Waals surface area contributed by atoms with Crippen molar-refractivity contribution in [2.75, 3.05) is 13.1 Å². The molecular weight excluding hydrogens is 450 g/mol. The van der Waals surface area contributed by atoms with Gasteiger partial charge in [-0.3, -0.25) is 0 Å². The summed E-state index contributed by atoms with van der Waals surface area (Å²) in [5.41, 5.74) is 0. The Morgan fingerprint density at radius 2 is 0.676 bits per heavy atom. The number of nitrogens with one attached hydrogen (secondary N) is 2. The van der Waals surface area contributed by atoms with Crippen LogP contribution in [0.4, 0.5) is 0 Å². The van der Waals surface area contributed by atoms with Crippen LogP contribution in [0.1, 0.15) is 13.8 Å². The minimum absolute atomic E-state index is 0.390. The lowest BCUT2D eigenvalue weighted by Gasteiger charge is -2.29. The second kappa shape index (κ2) is 12.9. The molecule has 0 amide bonds. The number of hydrogen-bond donors (Lipinski definition) is 2. The van der Waals surface area contributed by atoms with Crippen molar-refractivity contribution in [2.24, 2.45) is 0 Å². The molecule has 4 aromatic carbocycles. The highest BCUT2D eigenvalue weighted by molar-refractivity contribution is 7.73. The van der Waals surface area contributed by atoms with Crippen LogP contribution in [0.5, 0.6) is 0 Å². The molecule has 0 fully saturated rings. The SMILES string of the molecule is CC(NCCNC(C)P(c1ccccc1)c1ccccc1)P(c1ccccc1)c1ccccc1. The second-order valence-electron chi connectivity index (χ2n) is 8.34. The normalized spacial score (nSPS) is 13.2. The van der Waals surface area contributed by atoms with Crippen LogP contribution in [-0.2, 0) is 0 Å². The molecule has 2 N–H and O–H groups in total. The number of benzene rings is 4. The molecule has 0 spiro atoms. The van der Waals surface area contributed by atoms with Crippen LogP contribution in [0, 0.1) is 0 Å². The van der Waals surface area contributed by atoms with Crippen LogP contribution < -0.4 is 31.9 Å². The van der Waals surface area contributed by atoms with Crippen molar-refractivity contribution in [3.63, 3.8) is 0 Å². The molecule has 2 atom stereocenters. The first-order valence-corrected chi connectivity index (χ1v) is 14.8. The van der Waals surface area contributed by atoms with Crippen LogP contribution in [-0.4, -0.2) is 24.7 Å². The summed E-state index contributed by atoms with van der Waals surface area (Å²) < 4.78 is 0. The fourth-order valence-electron chi connectivity index (χ4n) is 4.29. The minimum Gasteiger partial charge on any atom is -0.308 e. The highest BCUT2D eigenvalue weighted by atomic mass is 31.1. The highest BCUT2D eigenvalue weighted by Crippen LogP contribution is 2.38. The van der Waals surface area contributed by atoms with Gasteiger partial charge >= 0.3 is 0 Å². The zero-order valence-corrected chi connectivity index (χ0v) is 21.8. The van der Waals surface area contributed by atoms with Crippen LogP contribution in [0.2, 0.25) is 0 Å². The highest BCUT2D eigenvalue weighted by Gasteiger charge is 2.22. The van der Waals surface area contributed by atoms with E-state index in [0.717, 1.165) is 13.1 Å². The Kier molecular flexibility index (Phi) is 9.43. The van der Waals surface area contributed by atoms with E-state index in [4.69, 9.17) is 0 Å². The van der Waals surface area contributed by atoms with Gasteiger partial charge in [0.2, 0.25) is 0 Å². The monoisotopic (exact) mass is 484 g/mol. The van der Waals surface area contributed by atoms with E-state index >= 15 is 0 Å². The summed E-state index contributed by atoms with van der Waals surface area (Å²) in [4.78, 5) is 0. The smallest absolute Gasteiger partial charge is 0.0322 e. The third-order valence-electron chi connectivity index (χ3n) is 5.92. The van der Waals surface area contributed by atoms with Crippen LogP contribution >= 0.6 is 15.8 Å². The first kappa shape index (κ1) is 24.8. The molecule has 0 saturated heterocycles. The standard InChI is InChI=1S/C30H34N2P2/c1-25(33(27-15-7-3-8-16-27)28-17-9-4-10-18-28)31-23-24-32-26(2)34(29-19-11-5-12-20-29)30-21-13-6-14-22-30/h3-22,25-26,31-32H,23-24H2,1-2H3. The van der Waals surface area contributed by atoms with E-state index in [-0.39, 0.29) is 0 Å². The molecule has 4 heteroatoms. The maximum absolute atomic E-state index is 3.83. The lowest BCUT2D eigenvalue weighted by atomic mass is 10.4. The summed E-state index contributed by atoms with van der Waals surface area (Å²) in [6.45, 7) is 6.54. The Balaban J connectivity index is 1.39. The lowest BCUT2D eigenvalue weighted by Crippen LogP contribution is -2.39. The average Bonchev–Trinajstić information content (AvgIpc) is 2.89. The van der Waals surface area contributed by atoms with Gasteiger partial charge < -0.3 is 10.6 Å². The molecule has 0 bridgehead atoms. The van der Waals surface area contributed by atoms with Gasteiger partial charge in [0.05, 0.1) is 0 Å². The van der Waals surface area contributed by atoms with Crippen molar-refractivity contribution in [2.45, 2.75) is 25.4 Å². The van der Waals surface area contributed by atoms with Crippen molar-refractivity contribution in [3.8, 4) is 0 Å². The summed E-state index contributed by atoms with van der Waals surface area (Å²) in [6, 6.07) is 43.8. The molecule has 0 heterocycles. The van der Waals surface area contributed by atoms with E-state index < -0.39 is 15.8 Å². The van der Waals surface area contributed by atoms with Gasteiger partial charge in [0.25, 0.3) is 0 Å². The number of hydrogen-bond acceptors (Lipinski definition) is 2. The third kappa shape index (κ3) is 6.62. The molecule has 4 aromatic rings. The molecule has 0 aliphatic rings. The zero-order valence-electron chi connectivity index (χ0n) is 20.0. The summed E-state index contributed by atoms with van der Waals surface area (Å²) in [7, 11) is -0.927. The molecular formula is C30H34N2P2. The second-order valence-corrected chi connectivity index (χ2v) is 13.4. The minimum atomic E-state index is -0.464. The van der Waals surface area contributed by atoms with Gasteiger partial charge in [0, 0.05) is 24.7 Å². The maximum Gasteiger partial charge on any atom is 0.0322 e. The van der Waals surface area contributed by atoms with Gasteiger partial charge in [-0.15, -0.1) is 0 Å². The first-order valence-electron chi connectivity index (χ1n) is 12.0. The van der Waals surface area contributed by atoms with E-state index in [0.29, 0.717) is 11.6 Å². The largest absolute Gasteiger partial charge is 0.308 e. The molecule has 4 rings (SSSR count). The van der Waals surface area contributed by atoms with Gasteiger partial charge in [-0.2, -0.15) is 0 Å². The maximum atomic E-state index is 3.83. The van der Waals surface area contributed by atoms with Gasteiger partial charge in [-0.1, -0.05) is 121 Å². The van der Waals surface area contributed by atoms with Gasteiger partial charge in [0.1, 0.15) is 0 Å². The molecule has 2 nitrogen and oxygen atoms in total. The predicted molar refractivity (Wildman–Crippen MR) is 153 cm³/mol. The molecule has 0 aromatic heterocycles. The molecule has 0 aliphatic carbocycles. The zero-order chi connectivity index (χ0) is 23.6. The topological polar surface area (TPSA) is 24.1 Å². The Morgan fingerprint density at radius 1 is 0.441 bits per heavy atom. The molecule has 0 aliphatic heterocycles. The molecule has 0 radical (unpaired) electrons. The van der Waals surface area contributed by atoms with Gasteiger partial charge in [-0.25, -0.2) is 0 Å². The van der Waals surface area contributed by atoms with Gasteiger partial charge in [0.15, 0.2) is 0 Å². The summed E-state index contributed by atoms with van der Waals surface area (Å²) in [5, 5.41) is 13.3. The molecule has 2 unspecified atom stereocenters. The van der Waals surface area contributed by atoms with Gasteiger partial charge in [-0.05, 0) is 50.9 Å². The Morgan fingerprint density at radius 3 is 0.912 bits per heavy atom. The molecule has 34 heavy (non-hydrogen) atoms. The van der Waals surface area contributed by atoms with Crippen molar-refractivity contribution in [1.29, 1.82) is 0 Å². The van der Waals surface area contributed by atoms with Crippen LogP contribution in [0.25, 0.3) is 0 Å². The Bertz CT molecular complexity index is 922. The van der Waals surface area contributed by atoms with E-state index in [9.17, 15) is 0 Å². The molecule has 0 saturated carbocycles. The Hall–Kier alpha value is -2.34. The average molecular weight is 485 g/mol. The predicted octanol–water partition coefficient (Wildman–Crippen LogP) is 5.12. The lowest BCUT2D eigenvalue weighted by molar-refractivity contribution is 0.603. The van der Waals surface area contributed by atoms with Crippen molar-refractivity contribution in [3.05, 3.63) is 121 Å². The van der Waals surface area contributed by atoms with Crippen LogP contribution in [0.3, 0.4) is 0 Å². The fourth-order valence-corrected chi connectivity index (χ4v) is 9.27. The van der Waals surface area contributed by atoms with Crippen LogP contribution in [0.15, 0.2) is 121 Å². The summed E-state index contributed by atoms with van der Waals surface area (Å²) in [5.74, 6) is 0.781. The Labute approximate surface area is 207 Å². The van der Waals surface area contributed by atoms with E-state index in [2.05, 4.69) is 146 Å². The molecule has 174 valence electrons. The quantitative estimate of drug-likeness (QED) is 0.228. The van der Waals surface area contributed by atoms with E-state index in [1.165, 1.54) is 21.2 Å².